The first-order chi connectivity index (χ1) is 10.0. The summed E-state index contributed by atoms with van der Waals surface area (Å²) in [5.41, 5.74) is 4.76. The van der Waals surface area contributed by atoms with Crippen molar-refractivity contribution < 1.29 is 19.1 Å². The zero-order chi connectivity index (χ0) is 15.9. The summed E-state index contributed by atoms with van der Waals surface area (Å²) in [6.45, 7) is 5.68. The quantitative estimate of drug-likeness (QED) is 0.612. The van der Waals surface area contributed by atoms with Gasteiger partial charge in [-0.2, -0.15) is 0 Å². The average molecular weight is 330 g/mol. The molecule has 0 aliphatic rings. The van der Waals surface area contributed by atoms with Gasteiger partial charge in [0.25, 0.3) is 0 Å². The maximum Gasteiger partial charge on any atom is 0.328 e. The molecule has 5 nitrogen and oxygen atoms in total. The molecule has 1 aromatic rings. The number of hydrogen-bond acceptors (Lipinski definition) is 5. The van der Waals surface area contributed by atoms with Gasteiger partial charge >= 0.3 is 11.9 Å². The molecule has 0 aliphatic heterocycles. The number of esters is 2. The minimum absolute atomic E-state index is 0. The molecular weight excluding hydrogens is 306 g/mol. The minimum Gasteiger partial charge on any atom is -0.465 e. The third-order valence-corrected chi connectivity index (χ3v) is 3.52. The fraction of sp³-hybridized carbons (Fsp3) is 0.500. The predicted molar refractivity (Wildman–Crippen MR) is 86.9 cm³/mol. The van der Waals surface area contributed by atoms with Gasteiger partial charge in [-0.05, 0) is 31.9 Å². The lowest BCUT2D eigenvalue weighted by atomic mass is 9.70. The number of hydrogen-bond donors (Lipinski definition) is 1. The molecule has 0 amide bonds. The van der Waals surface area contributed by atoms with Gasteiger partial charge in [0.15, 0.2) is 5.41 Å². The molecule has 0 heterocycles. The van der Waals surface area contributed by atoms with E-state index in [4.69, 9.17) is 15.2 Å². The van der Waals surface area contributed by atoms with Crippen LogP contribution in [0.4, 0.5) is 0 Å². The molecule has 1 aromatic carbocycles. The molecular formula is C16H24ClNO4. The van der Waals surface area contributed by atoms with Gasteiger partial charge < -0.3 is 15.2 Å². The first-order valence-corrected chi connectivity index (χ1v) is 7.15. The predicted octanol–water partition coefficient (Wildman–Crippen LogP) is 2.07. The van der Waals surface area contributed by atoms with Crippen molar-refractivity contribution in [3.8, 4) is 0 Å². The molecule has 0 aromatic heterocycles. The largest absolute Gasteiger partial charge is 0.465 e. The summed E-state index contributed by atoms with van der Waals surface area (Å²) in [5, 5.41) is 0. The van der Waals surface area contributed by atoms with Crippen LogP contribution in [0.25, 0.3) is 0 Å². The van der Waals surface area contributed by atoms with Crippen molar-refractivity contribution >= 4 is 24.3 Å². The fourth-order valence-electron chi connectivity index (χ4n) is 2.37. The van der Waals surface area contributed by atoms with Gasteiger partial charge in [0, 0.05) is 0 Å². The fourth-order valence-corrected chi connectivity index (χ4v) is 2.37. The zero-order valence-electron chi connectivity index (χ0n) is 13.2. The Balaban J connectivity index is 0.00000441. The molecule has 0 saturated heterocycles. The number of carbonyl (C=O) groups is 2. The summed E-state index contributed by atoms with van der Waals surface area (Å²) in [4.78, 5) is 25.2. The van der Waals surface area contributed by atoms with Crippen molar-refractivity contribution in [3.63, 3.8) is 0 Å². The first-order valence-electron chi connectivity index (χ1n) is 7.15. The second kappa shape index (κ2) is 9.43. The molecule has 0 radical (unpaired) electrons. The second-order valence-electron chi connectivity index (χ2n) is 4.75. The Morgan fingerprint density at radius 1 is 1.09 bits per heavy atom. The van der Waals surface area contributed by atoms with Crippen LogP contribution in [0.2, 0.25) is 0 Å². The van der Waals surface area contributed by atoms with E-state index in [1.807, 2.05) is 6.07 Å². The lowest BCUT2D eigenvalue weighted by molar-refractivity contribution is -0.167. The van der Waals surface area contributed by atoms with E-state index >= 15 is 0 Å². The van der Waals surface area contributed by atoms with Gasteiger partial charge in [-0.15, -0.1) is 12.4 Å². The Labute approximate surface area is 137 Å². The van der Waals surface area contributed by atoms with E-state index in [0.717, 1.165) is 0 Å². The summed E-state index contributed by atoms with van der Waals surface area (Å²) < 4.78 is 10.3. The van der Waals surface area contributed by atoms with Crippen molar-refractivity contribution in [2.75, 3.05) is 19.8 Å². The number of halogens is 1. The van der Waals surface area contributed by atoms with Gasteiger partial charge in [0.05, 0.1) is 13.2 Å². The molecule has 0 bridgehead atoms. The van der Waals surface area contributed by atoms with Crippen LogP contribution < -0.4 is 5.73 Å². The maximum atomic E-state index is 12.6. The van der Waals surface area contributed by atoms with E-state index in [9.17, 15) is 9.59 Å². The third-order valence-electron chi connectivity index (χ3n) is 3.52. The number of carbonyl (C=O) groups excluding carboxylic acids is 2. The number of rotatable bonds is 7. The number of benzene rings is 1. The van der Waals surface area contributed by atoms with Crippen LogP contribution in [0.5, 0.6) is 0 Å². The van der Waals surface area contributed by atoms with Gasteiger partial charge in [-0.3, -0.25) is 9.59 Å². The summed E-state index contributed by atoms with van der Waals surface area (Å²) in [5.74, 6) is -1.68. The molecule has 0 spiro atoms. The van der Waals surface area contributed by atoms with E-state index in [1.165, 1.54) is 0 Å². The SMILES string of the molecule is CCOC(=O)C(C(=O)OCC)(c1ccccc1)C(C)CN.Cl. The first kappa shape index (κ1) is 20.4. The van der Waals surface area contributed by atoms with Gasteiger partial charge in [0.2, 0.25) is 0 Å². The van der Waals surface area contributed by atoms with Crippen LogP contribution in [0.3, 0.4) is 0 Å². The third kappa shape index (κ3) is 3.78. The Hall–Kier alpha value is -1.59. The van der Waals surface area contributed by atoms with E-state index < -0.39 is 23.3 Å². The molecule has 0 fully saturated rings. The molecule has 1 rings (SSSR count). The molecule has 124 valence electrons. The van der Waals surface area contributed by atoms with Crippen LogP contribution in [-0.2, 0) is 24.5 Å². The highest BCUT2D eigenvalue weighted by atomic mass is 35.5. The molecule has 0 saturated carbocycles. The zero-order valence-corrected chi connectivity index (χ0v) is 14.0. The van der Waals surface area contributed by atoms with Crippen LogP contribution >= 0.6 is 12.4 Å². The molecule has 2 N–H and O–H groups in total. The van der Waals surface area contributed by atoms with Crippen molar-refractivity contribution in [3.05, 3.63) is 35.9 Å². The monoisotopic (exact) mass is 329 g/mol. The lowest BCUT2D eigenvalue weighted by Gasteiger charge is -2.34. The topological polar surface area (TPSA) is 78.6 Å². The van der Waals surface area contributed by atoms with E-state index in [-0.39, 0.29) is 32.2 Å². The van der Waals surface area contributed by atoms with Crippen molar-refractivity contribution in [2.45, 2.75) is 26.2 Å². The van der Waals surface area contributed by atoms with Crippen LogP contribution in [0.1, 0.15) is 26.3 Å². The molecule has 1 unspecified atom stereocenters. The van der Waals surface area contributed by atoms with Crippen LogP contribution in [-0.4, -0.2) is 31.7 Å². The normalized spacial score (nSPS) is 12.0. The summed E-state index contributed by atoms with van der Waals surface area (Å²) in [6.07, 6.45) is 0. The summed E-state index contributed by atoms with van der Waals surface area (Å²) in [6, 6.07) is 8.80. The molecule has 6 heteroatoms. The Morgan fingerprint density at radius 2 is 1.55 bits per heavy atom. The molecule has 0 aliphatic carbocycles. The number of nitrogens with two attached hydrogens (primary N) is 1. The molecule has 22 heavy (non-hydrogen) atoms. The standard InChI is InChI=1S/C16H23NO4.ClH/c1-4-20-14(18)16(12(3)11-17,15(19)21-5-2)13-9-7-6-8-10-13;/h6-10,12H,4-5,11,17H2,1-3H3;1H. The van der Waals surface area contributed by atoms with Gasteiger partial charge in [-0.25, -0.2) is 0 Å². The summed E-state index contributed by atoms with van der Waals surface area (Å²) >= 11 is 0. The Bertz CT molecular complexity index is 460. The second-order valence-corrected chi connectivity index (χ2v) is 4.75. The minimum atomic E-state index is -1.53. The Kier molecular flexibility index (Phi) is 8.75. The Morgan fingerprint density at radius 3 is 1.91 bits per heavy atom. The van der Waals surface area contributed by atoms with E-state index in [1.54, 1.807) is 45.0 Å². The number of ether oxygens (including phenoxy) is 2. The van der Waals surface area contributed by atoms with Crippen LogP contribution in [0.15, 0.2) is 30.3 Å². The summed E-state index contributed by atoms with van der Waals surface area (Å²) in [7, 11) is 0. The smallest absolute Gasteiger partial charge is 0.328 e. The lowest BCUT2D eigenvalue weighted by Crippen LogP contribution is -2.53. The molecule has 1 atom stereocenters. The van der Waals surface area contributed by atoms with E-state index in [0.29, 0.717) is 5.56 Å². The van der Waals surface area contributed by atoms with Crippen molar-refractivity contribution in [1.29, 1.82) is 0 Å². The maximum absolute atomic E-state index is 12.6. The highest BCUT2D eigenvalue weighted by molar-refractivity contribution is 6.06. The van der Waals surface area contributed by atoms with Gasteiger partial charge in [-0.1, -0.05) is 37.3 Å². The highest BCUT2D eigenvalue weighted by Gasteiger charge is 2.54. The van der Waals surface area contributed by atoms with E-state index in [2.05, 4.69) is 0 Å². The van der Waals surface area contributed by atoms with Crippen molar-refractivity contribution in [1.82, 2.24) is 0 Å². The average Bonchev–Trinajstić information content (AvgIpc) is 2.49. The van der Waals surface area contributed by atoms with Crippen LogP contribution in [0, 0.1) is 5.92 Å². The highest BCUT2D eigenvalue weighted by Crippen LogP contribution is 2.35. The van der Waals surface area contributed by atoms with Crippen molar-refractivity contribution in [2.24, 2.45) is 11.7 Å². The van der Waals surface area contributed by atoms with Gasteiger partial charge in [0.1, 0.15) is 0 Å².